The van der Waals surface area contributed by atoms with Crippen molar-refractivity contribution in [2.75, 3.05) is 19.6 Å². The van der Waals surface area contributed by atoms with Crippen LogP contribution in [0.2, 0.25) is 0 Å². The van der Waals surface area contributed by atoms with E-state index in [0.717, 1.165) is 37.1 Å². The zero-order chi connectivity index (χ0) is 14.8. The summed E-state index contributed by atoms with van der Waals surface area (Å²) in [6.45, 7) is 1.69. The molecule has 0 atom stereocenters. The van der Waals surface area contributed by atoms with Gasteiger partial charge in [0.25, 0.3) is 11.8 Å². The molecule has 0 aromatic carbocycles. The van der Waals surface area contributed by atoms with E-state index in [1.807, 2.05) is 0 Å². The van der Waals surface area contributed by atoms with Gasteiger partial charge in [-0.3, -0.25) is 19.3 Å². The van der Waals surface area contributed by atoms with Crippen LogP contribution in [0.5, 0.6) is 0 Å². The molecule has 7 heteroatoms. The molecule has 0 saturated heterocycles. The number of halogens is 1. The maximum Gasteiger partial charge on any atom is 0.253 e. The average Bonchev–Trinajstić information content (AvgIpc) is 2.74. The summed E-state index contributed by atoms with van der Waals surface area (Å²) in [6, 6.07) is 0. The summed E-state index contributed by atoms with van der Waals surface area (Å²) < 4.78 is 0. The minimum Gasteiger partial charge on any atom is -0.356 e. The molecule has 0 radical (unpaired) electrons. The van der Waals surface area contributed by atoms with Crippen molar-refractivity contribution in [2.24, 2.45) is 5.73 Å². The fourth-order valence-electron chi connectivity index (χ4n) is 1.99. The van der Waals surface area contributed by atoms with Crippen LogP contribution < -0.4 is 11.1 Å². The Balaban J connectivity index is 0.00000400. The fourth-order valence-corrected chi connectivity index (χ4v) is 1.99. The second-order valence-electron chi connectivity index (χ2n) is 4.82. The number of nitrogens with one attached hydrogen (secondary N) is 1. The SMILES string of the molecule is Cl.NCCCCCCNC(=O)CCCN1C(=O)C=CC1=O. The van der Waals surface area contributed by atoms with Crippen molar-refractivity contribution in [1.29, 1.82) is 0 Å². The normalized spacial score (nSPS) is 13.5. The van der Waals surface area contributed by atoms with E-state index in [-0.39, 0.29) is 30.1 Å². The van der Waals surface area contributed by atoms with Crippen LogP contribution >= 0.6 is 12.4 Å². The van der Waals surface area contributed by atoms with Crippen molar-refractivity contribution in [1.82, 2.24) is 10.2 Å². The first kappa shape index (κ1) is 19.6. The molecule has 1 aliphatic rings. The number of amides is 3. The highest BCUT2D eigenvalue weighted by molar-refractivity contribution is 6.12. The third kappa shape index (κ3) is 7.82. The maximum absolute atomic E-state index is 11.5. The molecule has 3 amide bonds. The standard InChI is InChI=1S/C14H23N3O3.ClH/c15-9-3-1-2-4-10-16-12(18)6-5-11-17-13(19)7-8-14(17)20;/h7-8H,1-6,9-11,15H2,(H,16,18);1H. The van der Waals surface area contributed by atoms with Crippen molar-refractivity contribution in [3.63, 3.8) is 0 Å². The smallest absolute Gasteiger partial charge is 0.253 e. The predicted molar refractivity (Wildman–Crippen MR) is 82.9 cm³/mol. The first-order valence-corrected chi connectivity index (χ1v) is 7.15. The van der Waals surface area contributed by atoms with Crippen molar-refractivity contribution in [3.8, 4) is 0 Å². The van der Waals surface area contributed by atoms with Gasteiger partial charge in [-0.05, 0) is 25.8 Å². The number of unbranched alkanes of at least 4 members (excludes halogenated alkanes) is 3. The molecule has 0 fully saturated rings. The molecule has 0 spiro atoms. The predicted octanol–water partition coefficient (Wildman–Crippen LogP) is 0.749. The summed E-state index contributed by atoms with van der Waals surface area (Å²) in [7, 11) is 0. The van der Waals surface area contributed by atoms with E-state index in [9.17, 15) is 14.4 Å². The Hall–Kier alpha value is -1.40. The van der Waals surface area contributed by atoms with Crippen molar-refractivity contribution in [2.45, 2.75) is 38.5 Å². The Kier molecular flexibility index (Phi) is 10.5. The molecule has 120 valence electrons. The monoisotopic (exact) mass is 317 g/mol. The van der Waals surface area contributed by atoms with Crippen LogP contribution in [0.15, 0.2) is 12.2 Å². The lowest BCUT2D eigenvalue weighted by atomic mass is 10.2. The number of rotatable bonds is 10. The lowest BCUT2D eigenvalue weighted by molar-refractivity contribution is -0.137. The lowest BCUT2D eigenvalue weighted by Gasteiger charge is -2.13. The summed E-state index contributed by atoms with van der Waals surface area (Å²) in [6.07, 6.45) is 7.49. The number of hydrogen-bond acceptors (Lipinski definition) is 4. The topological polar surface area (TPSA) is 92.5 Å². The molecular formula is C14H24ClN3O3. The van der Waals surface area contributed by atoms with Crippen molar-refractivity contribution in [3.05, 3.63) is 12.2 Å². The maximum atomic E-state index is 11.5. The number of nitrogens with zero attached hydrogens (tertiary/aromatic N) is 1. The summed E-state index contributed by atoms with van der Waals surface area (Å²) >= 11 is 0. The van der Waals surface area contributed by atoms with Gasteiger partial charge in [0.05, 0.1) is 0 Å². The van der Waals surface area contributed by atoms with E-state index >= 15 is 0 Å². The van der Waals surface area contributed by atoms with Crippen LogP contribution in [-0.4, -0.2) is 42.3 Å². The van der Waals surface area contributed by atoms with E-state index in [2.05, 4.69) is 5.32 Å². The Morgan fingerprint density at radius 2 is 1.67 bits per heavy atom. The van der Waals surface area contributed by atoms with Crippen LogP contribution in [0, 0.1) is 0 Å². The van der Waals surface area contributed by atoms with Crippen molar-refractivity contribution < 1.29 is 14.4 Å². The van der Waals surface area contributed by atoms with Crippen LogP contribution in [0.3, 0.4) is 0 Å². The zero-order valence-corrected chi connectivity index (χ0v) is 13.0. The molecule has 6 nitrogen and oxygen atoms in total. The van der Waals surface area contributed by atoms with Gasteiger partial charge in [-0.25, -0.2) is 0 Å². The molecule has 0 bridgehead atoms. The molecule has 1 aliphatic heterocycles. The number of hydrogen-bond donors (Lipinski definition) is 2. The van der Waals surface area contributed by atoms with Gasteiger partial charge in [0.15, 0.2) is 0 Å². The number of carbonyl (C=O) groups excluding carboxylic acids is 3. The van der Waals surface area contributed by atoms with Gasteiger partial charge in [-0.2, -0.15) is 0 Å². The van der Waals surface area contributed by atoms with E-state index in [1.165, 1.54) is 12.2 Å². The summed E-state index contributed by atoms with van der Waals surface area (Å²) in [5, 5.41) is 2.83. The van der Waals surface area contributed by atoms with Crippen LogP contribution in [-0.2, 0) is 14.4 Å². The Labute approximate surface area is 131 Å². The van der Waals surface area contributed by atoms with Crippen LogP contribution in [0.25, 0.3) is 0 Å². The first-order chi connectivity index (χ1) is 9.65. The minimum absolute atomic E-state index is 0. The molecule has 0 aromatic heterocycles. The largest absolute Gasteiger partial charge is 0.356 e. The molecule has 0 aromatic rings. The highest BCUT2D eigenvalue weighted by Gasteiger charge is 2.22. The number of nitrogens with two attached hydrogens (primary N) is 1. The van der Waals surface area contributed by atoms with Gasteiger partial charge in [0.1, 0.15) is 0 Å². The molecule has 0 unspecified atom stereocenters. The third-order valence-electron chi connectivity index (χ3n) is 3.14. The van der Waals surface area contributed by atoms with E-state index in [4.69, 9.17) is 5.73 Å². The highest BCUT2D eigenvalue weighted by atomic mass is 35.5. The van der Waals surface area contributed by atoms with Gasteiger partial charge in [-0.1, -0.05) is 12.8 Å². The molecule has 1 rings (SSSR count). The second-order valence-corrected chi connectivity index (χ2v) is 4.82. The van der Waals surface area contributed by atoms with E-state index in [0.29, 0.717) is 25.9 Å². The third-order valence-corrected chi connectivity index (χ3v) is 3.14. The average molecular weight is 318 g/mol. The van der Waals surface area contributed by atoms with Gasteiger partial charge < -0.3 is 11.1 Å². The van der Waals surface area contributed by atoms with Gasteiger partial charge >= 0.3 is 0 Å². The van der Waals surface area contributed by atoms with Gasteiger partial charge in [0, 0.05) is 31.7 Å². The summed E-state index contributed by atoms with van der Waals surface area (Å²) in [5.74, 6) is -0.624. The minimum atomic E-state index is -0.296. The van der Waals surface area contributed by atoms with Crippen LogP contribution in [0.1, 0.15) is 38.5 Å². The summed E-state index contributed by atoms with van der Waals surface area (Å²) in [4.78, 5) is 35.2. The quantitative estimate of drug-likeness (QED) is 0.459. The zero-order valence-electron chi connectivity index (χ0n) is 12.2. The molecule has 21 heavy (non-hydrogen) atoms. The number of carbonyl (C=O) groups is 3. The van der Waals surface area contributed by atoms with Crippen molar-refractivity contribution >= 4 is 30.1 Å². The van der Waals surface area contributed by atoms with E-state index in [1.54, 1.807) is 0 Å². The fraction of sp³-hybridized carbons (Fsp3) is 0.643. The Morgan fingerprint density at radius 1 is 1.05 bits per heavy atom. The summed E-state index contributed by atoms with van der Waals surface area (Å²) in [5.41, 5.74) is 5.39. The van der Waals surface area contributed by atoms with Gasteiger partial charge in [-0.15, -0.1) is 12.4 Å². The molecule has 1 heterocycles. The van der Waals surface area contributed by atoms with Gasteiger partial charge in [0.2, 0.25) is 5.91 Å². The molecular weight excluding hydrogens is 294 g/mol. The Bertz CT molecular complexity index is 368. The Morgan fingerprint density at radius 3 is 2.29 bits per heavy atom. The number of imide groups is 1. The molecule has 3 N–H and O–H groups in total. The molecule has 0 saturated carbocycles. The first-order valence-electron chi connectivity index (χ1n) is 7.15. The molecule has 0 aliphatic carbocycles. The van der Waals surface area contributed by atoms with E-state index < -0.39 is 0 Å². The second kappa shape index (κ2) is 11.3. The van der Waals surface area contributed by atoms with Crippen LogP contribution in [0.4, 0.5) is 0 Å². The lowest BCUT2D eigenvalue weighted by Crippen LogP contribution is -2.32. The highest BCUT2D eigenvalue weighted by Crippen LogP contribution is 2.05.